The van der Waals surface area contributed by atoms with E-state index >= 15 is 0 Å². The quantitative estimate of drug-likeness (QED) is 0.131. The standard InChI is InChI=1S/C52H65N7O9/c1-10-14-43(61)57-22-19-52(66,29-57)50(65)56(8)45(31(3)4)47(62)54-41-25-33-23-35(26-36(60)24-33)34-17-18-42-38(27-34)39(46(58(42)11-2)37-15-12-20-53-44(37)32(5)67-9)28-51(6,7)30-68-49(64)40-16-13-21-59(55-40)48(41)63/h12,15,17-18,20,23-24,26-27,31-32,40-41,45,55,60,66H,11,13,16,19,21-22,25,28-30H2,1-9H3,(H,54,62)/t32-,40-,41-,45-,52+/m0/s1. The van der Waals surface area contributed by atoms with E-state index < -0.39 is 64.7 Å². The lowest BCUT2D eigenvalue weighted by Gasteiger charge is -2.37. The largest absolute Gasteiger partial charge is 0.508 e. The summed E-state index contributed by atoms with van der Waals surface area (Å²) in [5.41, 5.74) is 7.35. The summed E-state index contributed by atoms with van der Waals surface area (Å²) in [4.78, 5) is 77.1. The van der Waals surface area contributed by atoms with Gasteiger partial charge in [-0.15, -0.1) is 0 Å². The van der Waals surface area contributed by atoms with Gasteiger partial charge in [-0.1, -0.05) is 45.7 Å². The van der Waals surface area contributed by atoms with Crippen molar-refractivity contribution >= 4 is 40.5 Å². The molecule has 68 heavy (non-hydrogen) atoms. The predicted octanol–water partition coefficient (Wildman–Crippen LogP) is 4.92. The van der Waals surface area contributed by atoms with Crippen LogP contribution in [0.2, 0.25) is 0 Å². The van der Waals surface area contributed by atoms with Gasteiger partial charge >= 0.3 is 5.97 Å². The maximum atomic E-state index is 14.7. The summed E-state index contributed by atoms with van der Waals surface area (Å²) < 4.78 is 14.2. The van der Waals surface area contributed by atoms with Gasteiger partial charge in [0.05, 0.1) is 30.6 Å². The number of nitrogens with one attached hydrogen (secondary N) is 2. The number of cyclic esters (lactones) is 1. The van der Waals surface area contributed by atoms with Gasteiger partial charge in [0.25, 0.3) is 17.7 Å². The first-order valence-electron chi connectivity index (χ1n) is 23.5. The number of hydrogen-bond donors (Lipinski definition) is 4. The second kappa shape index (κ2) is 20.1. The molecule has 16 nitrogen and oxygen atoms in total. The van der Waals surface area contributed by atoms with Crippen LogP contribution in [0.25, 0.3) is 33.3 Å². The average Bonchev–Trinajstić information content (AvgIpc) is 3.86. The molecule has 2 saturated heterocycles. The van der Waals surface area contributed by atoms with Crippen LogP contribution in [-0.4, -0.2) is 128 Å². The highest BCUT2D eigenvalue weighted by atomic mass is 16.5. The number of aromatic nitrogens is 2. The van der Waals surface area contributed by atoms with Gasteiger partial charge < -0.3 is 39.4 Å². The number of nitrogens with zero attached hydrogens (tertiary/aromatic N) is 5. The first kappa shape index (κ1) is 49.6. The lowest BCUT2D eigenvalue weighted by molar-refractivity contribution is -0.156. The predicted molar refractivity (Wildman–Crippen MR) is 256 cm³/mol. The van der Waals surface area contributed by atoms with Crippen LogP contribution in [0, 0.1) is 23.2 Å². The Morgan fingerprint density at radius 1 is 1.09 bits per heavy atom. The number of hydrogen-bond acceptors (Lipinski definition) is 11. The van der Waals surface area contributed by atoms with E-state index in [1.54, 1.807) is 39.3 Å². The molecule has 5 atom stereocenters. The van der Waals surface area contributed by atoms with E-state index in [0.29, 0.717) is 36.9 Å². The fourth-order valence-corrected chi connectivity index (χ4v) is 10.0. The average molecular weight is 932 g/mol. The maximum absolute atomic E-state index is 14.7. The Balaban J connectivity index is 1.31. The molecule has 0 aliphatic carbocycles. The molecule has 16 heteroatoms. The van der Waals surface area contributed by atoms with Crippen molar-refractivity contribution < 1.29 is 43.7 Å². The van der Waals surface area contributed by atoms with Crippen molar-refractivity contribution in [3.05, 3.63) is 71.5 Å². The van der Waals surface area contributed by atoms with E-state index in [-0.39, 0.29) is 50.9 Å². The molecule has 0 spiro atoms. The van der Waals surface area contributed by atoms with Gasteiger partial charge in [-0.05, 0) is 111 Å². The lowest BCUT2D eigenvalue weighted by Crippen LogP contribution is -2.63. The number of amides is 4. The van der Waals surface area contributed by atoms with E-state index in [1.165, 1.54) is 28.8 Å². The van der Waals surface area contributed by atoms with Gasteiger partial charge in [0.1, 0.15) is 23.9 Å². The van der Waals surface area contributed by atoms with Crippen molar-refractivity contribution in [1.82, 2.24) is 35.1 Å². The number of esters is 1. The van der Waals surface area contributed by atoms with E-state index in [0.717, 1.165) is 39.0 Å². The molecule has 4 amide bonds. The highest BCUT2D eigenvalue weighted by Crippen LogP contribution is 2.42. The van der Waals surface area contributed by atoms with Crippen molar-refractivity contribution in [2.45, 2.75) is 117 Å². The molecule has 0 saturated carbocycles. The van der Waals surface area contributed by atoms with Gasteiger partial charge in [0, 0.05) is 74.7 Å². The van der Waals surface area contributed by atoms with Crippen molar-refractivity contribution in [1.29, 1.82) is 0 Å². The number of likely N-dealkylation sites (tertiary alicyclic amines) is 1. The molecule has 5 heterocycles. The van der Waals surface area contributed by atoms with Crippen LogP contribution in [-0.2, 0) is 52.8 Å². The number of pyridine rings is 1. The number of methoxy groups -OCH3 is 1. The number of likely N-dealkylation sites (N-methyl/N-ethyl adjacent to an activating group) is 1. The number of carbonyl (C=O) groups is 5. The fraction of sp³-hybridized carbons (Fsp3) is 0.500. The summed E-state index contributed by atoms with van der Waals surface area (Å²) in [5, 5.41) is 28.1. The molecule has 4 N–H and O–H groups in total. The molecule has 6 bridgehead atoms. The fourth-order valence-electron chi connectivity index (χ4n) is 10.0. The minimum absolute atomic E-state index is 0.0403. The number of aromatic hydroxyl groups is 1. The second-order valence-electron chi connectivity index (χ2n) is 19.5. The Labute approximate surface area is 398 Å². The number of β-amino-alcohol motifs (C(OH)–C–C–N with tert-alkyl or cyclic N) is 1. The van der Waals surface area contributed by atoms with Crippen LogP contribution in [0.15, 0.2) is 54.7 Å². The first-order valence-corrected chi connectivity index (χ1v) is 23.5. The zero-order chi connectivity index (χ0) is 49.2. The number of hydrazine groups is 1. The summed E-state index contributed by atoms with van der Waals surface area (Å²) in [6, 6.07) is 12.0. The Hall–Kier alpha value is -6.28. The Kier molecular flexibility index (Phi) is 14.7. The monoisotopic (exact) mass is 931 g/mol. The molecular weight excluding hydrogens is 867 g/mol. The summed E-state index contributed by atoms with van der Waals surface area (Å²) >= 11 is 0. The van der Waals surface area contributed by atoms with E-state index in [1.807, 2.05) is 25.1 Å². The molecule has 2 fully saturated rings. The van der Waals surface area contributed by atoms with Crippen LogP contribution in [0.3, 0.4) is 0 Å². The number of benzene rings is 2. The van der Waals surface area contributed by atoms with E-state index in [4.69, 9.17) is 14.5 Å². The summed E-state index contributed by atoms with van der Waals surface area (Å²) in [5.74, 6) is 1.53. The topological polar surface area (TPSA) is 196 Å². The molecule has 4 aromatic rings. The minimum atomic E-state index is -1.95. The molecule has 3 aliphatic heterocycles. The summed E-state index contributed by atoms with van der Waals surface area (Å²) in [6.07, 6.45) is 2.77. The van der Waals surface area contributed by atoms with Crippen LogP contribution in [0.1, 0.15) is 90.7 Å². The van der Waals surface area contributed by atoms with Crippen molar-refractivity contribution in [2.24, 2.45) is 11.3 Å². The van der Waals surface area contributed by atoms with E-state index in [9.17, 15) is 34.2 Å². The SMILES string of the molecule is CC#CC(=O)N1CC[C@](O)(C(=O)N(C)[C@H](C(=O)N[C@H]2Cc3cc(O)cc(c3)-c3ccc4c(c3)c(c(-c3cccnc3[C@H](C)OC)n4CC)CC(C)(C)COC(=O)[C@@H]3CCCN(N3)C2=O)C(C)C)C1. The van der Waals surface area contributed by atoms with Crippen molar-refractivity contribution in [3.8, 4) is 40.0 Å². The third-order valence-corrected chi connectivity index (χ3v) is 13.5. The van der Waals surface area contributed by atoms with Crippen LogP contribution < -0.4 is 10.7 Å². The molecular formula is C52H65N7O9. The third kappa shape index (κ3) is 10.1. The lowest BCUT2D eigenvalue weighted by atomic mass is 9.84. The number of carbonyl (C=O) groups excluding carboxylic acids is 5. The van der Waals surface area contributed by atoms with Gasteiger partial charge in [-0.2, -0.15) is 0 Å². The van der Waals surface area contributed by atoms with Crippen LogP contribution in [0.4, 0.5) is 0 Å². The zero-order valence-electron chi connectivity index (χ0n) is 40.6. The Morgan fingerprint density at radius 2 is 1.85 bits per heavy atom. The van der Waals surface area contributed by atoms with Gasteiger partial charge in [-0.25, -0.2) is 5.43 Å². The molecule has 0 radical (unpaired) electrons. The number of aryl methyl sites for hydroxylation is 1. The maximum Gasteiger partial charge on any atom is 0.324 e. The second-order valence-corrected chi connectivity index (χ2v) is 19.5. The van der Waals surface area contributed by atoms with Crippen molar-refractivity contribution in [3.63, 3.8) is 0 Å². The summed E-state index contributed by atoms with van der Waals surface area (Å²) in [6.45, 7) is 14.0. The molecule has 0 unspecified atom stereocenters. The van der Waals surface area contributed by atoms with Crippen molar-refractivity contribution in [2.75, 3.05) is 40.4 Å². The van der Waals surface area contributed by atoms with Gasteiger partial charge in [-0.3, -0.25) is 34.0 Å². The van der Waals surface area contributed by atoms with Crippen LogP contribution in [0.5, 0.6) is 5.75 Å². The number of phenols is 1. The molecule has 2 aromatic carbocycles. The number of phenolic OH excluding ortho intramolecular Hbond substituents is 1. The molecule has 362 valence electrons. The Morgan fingerprint density at radius 3 is 2.56 bits per heavy atom. The highest BCUT2D eigenvalue weighted by Gasteiger charge is 2.48. The highest BCUT2D eigenvalue weighted by molar-refractivity contribution is 5.98. The van der Waals surface area contributed by atoms with Gasteiger partial charge in [0.15, 0.2) is 5.60 Å². The zero-order valence-corrected chi connectivity index (χ0v) is 40.6. The molecule has 3 aliphatic rings. The molecule has 2 aromatic heterocycles. The molecule has 7 rings (SSSR count). The number of fused-ring (bicyclic) bond motifs is 6. The smallest absolute Gasteiger partial charge is 0.324 e. The van der Waals surface area contributed by atoms with Crippen LogP contribution >= 0.6 is 0 Å². The third-order valence-electron chi connectivity index (χ3n) is 13.5. The minimum Gasteiger partial charge on any atom is -0.508 e. The normalized spacial score (nSPS) is 21.6. The number of ether oxygens (including phenoxy) is 2. The van der Waals surface area contributed by atoms with E-state index in [2.05, 4.69) is 66.1 Å². The number of rotatable bonds is 9. The first-order chi connectivity index (χ1) is 32.3. The Bertz CT molecular complexity index is 2670. The number of aliphatic hydroxyl groups is 1. The van der Waals surface area contributed by atoms with Gasteiger partial charge in [0.2, 0.25) is 5.91 Å². The summed E-state index contributed by atoms with van der Waals surface area (Å²) in [7, 11) is 3.09.